The van der Waals surface area contributed by atoms with Crippen molar-refractivity contribution in [3.8, 4) is 0 Å². The second-order valence-electron chi connectivity index (χ2n) is 4.96. The molecule has 1 aromatic carbocycles. The number of carbonyl (C=O) groups is 1. The molecule has 1 atom stereocenters. The lowest BCUT2D eigenvalue weighted by Crippen LogP contribution is -2.30. The number of nitrogens with zero attached hydrogens (tertiary/aromatic N) is 1. The van der Waals surface area contributed by atoms with Gasteiger partial charge in [-0.05, 0) is 31.0 Å². The molecule has 0 bridgehead atoms. The van der Waals surface area contributed by atoms with Crippen LogP contribution in [-0.4, -0.2) is 25.2 Å². The summed E-state index contributed by atoms with van der Waals surface area (Å²) in [5.74, 6) is 0.0981. The molecule has 1 aromatic rings. The van der Waals surface area contributed by atoms with Crippen molar-refractivity contribution in [3.05, 3.63) is 29.8 Å². The van der Waals surface area contributed by atoms with Gasteiger partial charge in [0.15, 0.2) is 0 Å². The lowest BCUT2D eigenvalue weighted by atomic mass is 10.1. The SMILES string of the molecule is C[C@@H](NCC(F)(F)F)c1ccc(N2CCCC2=O)cc1. The number of amides is 1. The number of hydrogen-bond acceptors (Lipinski definition) is 2. The Balaban J connectivity index is 1.99. The fourth-order valence-electron chi connectivity index (χ4n) is 2.25. The monoisotopic (exact) mass is 286 g/mol. The van der Waals surface area contributed by atoms with Crippen LogP contribution in [0.4, 0.5) is 18.9 Å². The largest absolute Gasteiger partial charge is 0.401 e. The normalized spacial score (nSPS) is 17.6. The van der Waals surface area contributed by atoms with Gasteiger partial charge in [-0.3, -0.25) is 4.79 Å². The van der Waals surface area contributed by atoms with Crippen LogP contribution in [0, 0.1) is 0 Å². The van der Waals surface area contributed by atoms with Crippen molar-refractivity contribution in [3.63, 3.8) is 0 Å². The molecule has 0 radical (unpaired) electrons. The van der Waals surface area contributed by atoms with Gasteiger partial charge >= 0.3 is 6.18 Å². The van der Waals surface area contributed by atoms with Crippen LogP contribution in [0.3, 0.4) is 0 Å². The van der Waals surface area contributed by atoms with Crippen LogP contribution >= 0.6 is 0 Å². The molecule has 0 aliphatic carbocycles. The number of rotatable bonds is 4. The highest BCUT2D eigenvalue weighted by Crippen LogP contribution is 2.24. The van der Waals surface area contributed by atoms with Gasteiger partial charge in [0.2, 0.25) is 5.91 Å². The average Bonchev–Trinajstić information content (AvgIpc) is 2.81. The van der Waals surface area contributed by atoms with Gasteiger partial charge in [-0.2, -0.15) is 13.2 Å². The molecule has 3 nitrogen and oxygen atoms in total. The van der Waals surface area contributed by atoms with Gasteiger partial charge < -0.3 is 10.2 Å². The van der Waals surface area contributed by atoms with Gasteiger partial charge in [0.1, 0.15) is 0 Å². The smallest absolute Gasteiger partial charge is 0.312 e. The third kappa shape index (κ3) is 3.72. The summed E-state index contributed by atoms with van der Waals surface area (Å²) in [6, 6.07) is 6.69. The Morgan fingerprint density at radius 2 is 1.95 bits per heavy atom. The van der Waals surface area contributed by atoms with Gasteiger partial charge in [0.25, 0.3) is 0 Å². The van der Waals surface area contributed by atoms with Crippen molar-refractivity contribution in [2.45, 2.75) is 32.0 Å². The van der Waals surface area contributed by atoms with E-state index < -0.39 is 12.7 Å². The molecule has 1 saturated heterocycles. The fraction of sp³-hybridized carbons (Fsp3) is 0.500. The number of alkyl halides is 3. The molecular weight excluding hydrogens is 269 g/mol. The molecule has 1 fully saturated rings. The summed E-state index contributed by atoms with van der Waals surface area (Å²) >= 11 is 0. The Morgan fingerprint density at radius 3 is 2.45 bits per heavy atom. The molecule has 1 N–H and O–H groups in total. The van der Waals surface area contributed by atoms with E-state index in [1.165, 1.54) is 0 Å². The maximum absolute atomic E-state index is 12.1. The number of carbonyl (C=O) groups excluding carboxylic acids is 1. The Kier molecular flexibility index (Phi) is 4.32. The van der Waals surface area contributed by atoms with E-state index in [4.69, 9.17) is 0 Å². The van der Waals surface area contributed by atoms with Crippen molar-refractivity contribution in [1.82, 2.24) is 5.32 Å². The van der Waals surface area contributed by atoms with E-state index in [0.29, 0.717) is 13.0 Å². The summed E-state index contributed by atoms with van der Waals surface area (Å²) in [5.41, 5.74) is 1.57. The summed E-state index contributed by atoms with van der Waals surface area (Å²) in [5, 5.41) is 2.43. The highest BCUT2D eigenvalue weighted by atomic mass is 19.4. The van der Waals surface area contributed by atoms with Gasteiger partial charge in [-0.1, -0.05) is 12.1 Å². The predicted molar refractivity (Wildman–Crippen MR) is 70.5 cm³/mol. The minimum atomic E-state index is -4.21. The van der Waals surface area contributed by atoms with E-state index in [1.54, 1.807) is 36.1 Å². The minimum absolute atomic E-state index is 0.0981. The van der Waals surface area contributed by atoms with Gasteiger partial charge in [-0.15, -0.1) is 0 Å². The van der Waals surface area contributed by atoms with Crippen molar-refractivity contribution in [1.29, 1.82) is 0 Å². The molecule has 1 aliphatic heterocycles. The number of hydrogen-bond donors (Lipinski definition) is 1. The summed E-state index contributed by atoms with van der Waals surface area (Å²) < 4.78 is 36.4. The standard InChI is InChI=1S/C14H17F3N2O/c1-10(18-9-14(15,16)17)11-4-6-12(7-5-11)19-8-2-3-13(19)20/h4-7,10,18H,2-3,8-9H2,1H3/t10-/m1/s1. The van der Waals surface area contributed by atoms with E-state index >= 15 is 0 Å². The molecule has 1 heterocycles. The van der Waals surface area contributed by atoms with Gasteiger partial charge in [0.05, 0.1) is 6.54 Å². The summed E-state index contributed by atoms with van der Waals surface area (Å²) in [4.78, 5) is 13.3. The molecule has 0 unspecified atom stereocenters. The van der Waals surface area contributed by atoms with Crippen molar-refractivity contribution in [2.75, 3.05) is 18.0 Å². The lowest BCUT2D eigenvalue weighted by molar-refractivity contribution is -0.126. The number of nitrogens with one attached hydrogen (secondary N) is 1. The number of benzene rings is 1. The Bertz CT molecular complexity index is 470. The third-order valence-corrected chi connectivity index (χ3v) is 3.39. The zero-order chi connectivity index (χ0) is 14.8. The first-order valence-electron chi connectivity index (χ1n) is 6.57. The first-order chi connectivity index (χ1) is 9.37. The molecule has 1 aliphatic rings. The van der Waals surface area contributed by atoms with Crippen LogP contribution in [0.15, 0.2) is 24.3 Å². The summed E-state index contributed by atoms with van der Waals surface area (Å²) in [6.45, 7) is 1.38. The van der Waals surface area contributed by atoms with Crippen LogP contribution in [0.1, 0.15) is 31.4 Å². The van der Waals surface area contributed by atoms with E-state index in [1.807, 2.05) is 0 Å². The van der Waals surface area contributed by atoms with Crippen LogP contribution in [0.5, 0.6) is 0 Å². The average molecular weight is 286 g/mol. The second-order valence-corrected chi connectivity index (χ2v) is 4.96. The Morgan fingerprint density at radius 1 is 1.30 bits per heavy atom. The maximum Gasteiger partial charge on any atom is 0.401 e. The Labute approximate surface area is 115 Å². The summed E-state index contributed by atoms with van der Waals surface area (Å²) in [6.07, 6.45) is -2.80. The topological polar surface area (TPSA) is 32.3 Å². The van der Waals surface area contributed by atoms with Gasteiger partial charge in [0, 0.05) is 24.7 Å². The van der Waals surface area contributed by atoms with E-state index in [2.05, 4.69) is 5.32 Å². The number of anilines is 1. The number of halogens is 3. The van der Waals surface area contributed by atoms with Crippen molar-refractivity contribution < 1.29 is 18.0 Å². The zero-order valence-electron chi connectivity index (χ0n) is 11.2. The van der Waals surface area contributed by atoms with Crippen LogP contribution in [0.2, 0.25) is 0 Å². The van der Waals surface area contributed by atoms with E-state index in [0.717, 1.165) is 17.7 Å². The zero-order valence-corrected chi connectivity index (χ0v) is 11.2. The minimum Gasteiger partial charge on any atom is -0.312 e. The van der Waals surface area contributed by atoms with Gasteiger partial charge in [-0.25, -0.2) is 0 Å². The molecular formula is C14H17F3N2O. The highest BCUT2D eigenvalue weighted by molar-refractivity contribution is 5.95. The summed E-state index contributed by atoms with van der Waals surface area (Å²) in [7, 11) is 0. The van der Waals surface area contributed by atoms with Crippen LogP contribution in [0.25, 0.3) is 0 Å². The first-order valence-corrected chi connectivity index (χ1v) is 6.57. The van der Waals surface area contributed by atoms with E-state index in [-0.39, 0.29) is 11.9 Å². The molecule has 6 heteroatoms. The molecule has 0 aromatic heterocycles. The predicted octanol–water partition coefficient (Wildman–Crippen LogP) is 3.03. The van der Waals surface area contributed by atoms with Crippen molar-refractivity contribution >= 4 is 11.6 Å². The first kappa shape index (κ1) is 14.8. The van der Waals surface area contributed by atoms with Crippen molar-refractivity contribution in [2.24, 2.45) is 0 Å². The molecule has 20 heavy (non-hydrogen) atoms. The maximum atomic E-state index is 12.1. The third-order valence-electron chi connectivity index (χ3n) is 3.39. The molecule has 0 saturated carbocycles. The quantitative estimate of drug-likeness (QED) is 0.922. The molecule has 1 amide bonds. The Hall–Kier alpha value is -1.56. The molecule has 110 valence electrons. The fourth-order valence-corrected chi connectivity index (χ4v) is 2.25. The lowest BCUT2D eigenvalue weighted by Gasteiger charge is -2.19. The highest BCUT2D eigenvalue weighted by Gasteiger charge is 2.27. The molecule has 0 spiro atoms. The second kappa shape index (κ2) is 5.83. The molecule has 2 rings (SSSR count). The van der Waals surface area contributed by atoms with Crippen LogP contribution < -0.4 is 10.2 Å². The van der Waals surface area contributed by atoms with E-state index in [9.17, 15) is 18.0 Å². The van der Waals surface area contributed by atoms with Crippen LogP contribution in [-0.2, 0) is 4.79 Å².